The Morgan fingerprint density at radius 1 is 1.36 bits per heavy atom. The Hall–Kier alpha value is -2.34. The van der Waals surface area contributed by atoms with Gasteiger partial charge < -0.3 is 14.5 Å². The topological polar surface area (TPSA) is 68.5 Å². The summed E-state index contributed by atoms with van der Waals surface area (Å²) in [6.07, 6.45) is 4.18. The number of nitrogens with one attached hydrogen (secondary N) is 1. The number of furan rings is 1. The summed E-state index contributed by atoms with van der Waals surface area (Å²) in [5.41, 5.74) is 1.59. The average molecular weight is 364 g/mol. The number of carbonyl (C=O) groups excluding carboxylic acids is 2. The molecule has 0 aliphatic rings. The quantitative estimate of drug-likeness (QED) is 0.651. The number of anilines is 1. The number of carbonyl (C=O) groups is 2. The number of esters is 1. The average Bonchev–Trinajstić information content (AvgIpc) is 2.99. The van der Waals surface area contributed by atoms with Crippen LogP contribution in [0, 0.1) is 6.92 Å². The summed E-state index contributed by atoms with van der Waals surface area (Å²) in [5.74, 6) is -0.476. The van der Waals surface area contributed by atoms with Gasteiger partial charge in [0.2, 0.25) is 0 Å². The van der Waals surface area contributed by atoms with Gasteiger partial charge in [0.25, 0.3) is 5.91 Å². The zero-order chi connectivity index (χ0) is 15.9. The van der Waals surface area contributed by atoms with E-state index in [0.717, 1.165) is 10.0 Å². The lowest BCUT2D eigenvalue weighted by Gasteiger charge is -2.08. The van der Waals surface area contributed by atoms with E-state index in [1.807, 2.05) is 19.1 Å². The number of ether oxygens (including phenoxy) is 1. The van der Waals surface area contributed by atoms with Crippen LogP contribution >= 0.6 is 15.9 Å². The Bertz CT molecular complexity index is 692. The van der Waals surface area contributed by atoms with Crippen molar-refractivity contribution in [3.8, 4) is 0 Å². The molecule has 2 rings (SSSR count). The van der Waals surface area contributed by atoms with E-state index in [2.05, 4.69) is 21.2 Å². The molecule has 0 unspecified atom stereocenters. The highest BCUT2D eigenvalue weighted by Gasteiger charge is 2.07. The number of benzene rings is 1. The Labute approximate surface area is 136 Å². The largest absolute Gasteiger partial charge is 0.465 e. The molecule has 0 radical (unpaired) electrons. The molecule has 0 saturated heterocycles. The molecule has 0 saturated carbocycles. The van der Waals surface area contributed by atoms with Gasteiger partial charge in [-0.1, -0.05) is 15.9 Å². The van der Waals surface area contributed by atoms with Crippen molar-refractivity contribution in [1.82, 2.24) is 0 Å². The van der Waals surface area contributed by atoms with Crippen LogP contribution in [0.5, 0.6) is 0 Å². The molecule has 0 bridgehead atoms. The van der Waals surface area contributed by atoms with Gasteiger partial charge in [0.15, 0.2) is 6.61 Å². The molecule has 5 nitrogen and oxygen atoms in total. The summed E-state index contributed by atoms with van der Waals surface area (Å²) in [6.45, 7) is 1.52. The van der Waals surface area contributed by atoms with Crippen molar-refractivity contribution in [3.05, 3.63) is 58.5 Å². The molecule has 1 N–H and O–H groups in total. The highest BCUT2D eigenvalue weighted by atomic mass is 79.9. The second-order valence-corrected chi connectivity index (χ2v) is 5.38. The van der Waals surface area contributed by atoms with Crippen LogP contribution in [0.4, 0.5) is 5.69 Å². The van der Waals surface area contributed by atoms with Crippen molar-refractivity contribution >= 4 is 39.6 Å². The molecule has 0 aliphatic carbocycles. The van der Waals surface area contributed by atoms with Crippen LogP contribution in [0.25, 0.3) is 6.08 Å². The van der Waals surface area contributed by atoms with Crippen molar-refractivity contribution in [3.63, 3.8) is 0 Å². The van der Waals surface area contributed by atoms with Crippen LogP contribution < -0.4 is 5.32 Å². The van der Waals surface area contributed by atoms with Crippen molar-refractivity contribution in [1.29, 1.82) is 0 Å². The Morgan fingerprint density at radius 2 is 2.18 bits per heavy atom. The molecule has 0 spiro atoms. The molecule has 1 heterocycles. The van der Waals surface area contributed by atoms with Crippen molar-refractivity contribution in [2.24, 2.45) is 0 Å². The first-order valence-corrected chi connectivity index (χ1v) is 7.28. The Balaban J connectivity index is 1.81. The maximum absolute atomic E-state index is 11.7. The second kappa shape index (κ2) is 7.61. The van der Waals surface area contributed by atoms with E-state index in [4.69, 9.17) is 9.15 Å². The molecular weight excluding hydrogens is 350 g/mol. The van der Waals surface area contributed by atoms with E-state index >= 15 is 0 Å². The molecule has 2 aromatic rings. The predicted molar refractivity (Wildman–Crippen MR) is 86.2 cm³/mol. The minimum Gasteiger partial charge on any atom is -0.465 e. The molecule has 1 aromatic heterocycles. The predicted octanol–water partition coefficient (Wildman–Crippen LogP) is 3.55. The van der Waals surface area contributed by atoms with Crippen molar-refractivity contribution in [2.75, 3.05) is 11.9 Å². The van der Waals surface area contributed by atoms with Gasteiger partial charge in [0.05, 0.1) is 6.26 Å². The Kier molecular flexibility index (Phi) is 5.55. The first kappa shape index (κ1) is 16.0. The van der Waals surface area contributed by atoms with E-state index < -0.39 is 11.9 Å². The highest BCUT2D eigenvalue weighted by Crippen LogP contribution is 2.19. The molecular formula is C16H14BrNO4. The van der Waals surface area contributed by atoms with Gasteiger partial charge in [0.1, 0.15) is 5.76 Å². The SMILES string of the molecule is Cc1cc(Br)ccc1NC(=O)COC(=O)/C=C/c1ccco1. The van der Waals surface area contributed by atoms with Crippen LogP contribution in [-0.4, -0.2) is 18.5 Å². The van der Waals surface area contributed by atoms with E-state index in [1.165, 1.54) is 18.4 Å². The van der Waals surface area contributed by atoms with Gasteiger partial charge in [-0.05, 0) is 48.9 Å². The van der Waals surface area contributed by atoms with Gasteiger partial charge >= 0.3 is 5.97 Å². The summed E-state index contributed by atoms with van der Waals surface area (Å²) >= 11 is 3.35. The summed E-state index contributed by atoms with van der Waals surface area (Å²) in [6, 6.07) is 8.89. The number of hydrogen-bond acceptors (Lipinski definition) is 4. The molecule has 1 amide bonds. The molecule has 0 aliphatic heterocycles. The molecule has 6 heteroatoms. The third-order valence-corrected chi connectivity index (χ3v) is 3.23. The summed E-state index contributed by atoms with van der Waals surface area (Å²) < 4.78 is 10.8. The first-order chi connectivity index (χ1) is 10.5. The summed E-state index contributed by atoms with van der Waals surface area (Å²) in [5, 5.41) is 2.68. The van der Waals surface area contributed by atoms with Crippen LogP contribution in [0.2, 0.25) is 0 Å². The smallest absolute Gasteiger partial charge is 0.331 e. The van der Waals surface area contributed by atoms with Crippen LogP contribution in [0.15, 0.2) is 51.6 Å². The number of rotatable bonds is 5. The zero-order valence-corrected chi connectivity index (χ0v) is 13.4. The van der Waals surface area contributed by atoms with Gasteiger partial charge in [0, 0.05) is 16.2 Å². The van der Waals surface area contributed by atoms with Crippen LogP contribution in [0.3, 0.4) is 0 Å². The van der Waals surface area contributed by atoms with E-state index in [-0.39, 0.29) is 6.61 Å². The fraction of sp³-hybridized carbons (Fsp3) is 0.125. The minimum atomic E-state index is -0.612. The Morgan fingerprint density at radius 3 is 2.86 bits per heavy atom. The van der Waals surface area contributed by atoms with Gasteiger partial charge in [-0.15, -0.1) is 0 Å². The van der Waals surface area contributed by atoms with E-state index in [0.29, 0.717) is 11.4 Å². The molecule has 114 valence electrons. The lowest BCUT2D eigenvalue weighted by atomic mass is 10.2. The maximum Gasteiger partial charge on any atom is 0.331 e. The van der Waals surface area contributed by atoms with Crippen LogP contribution in [-0.2, 0) is 14.3 Å². The third kappa shape index (κ3) is 4.89. The monoisotopic (exact) mass is 363 g/mol. The molecule has 22 heavy (non-hydrogen) atoms. The summed E-state index contributed by atoms with van der Waals surface area (Å²) in [7, 11) is 0. The normalized spacial score (nSPS) is 10.6. The van der Waals surface area contributed by atoms with Gasteiger partial charge in [-0.25, -0.2) is 4.79 Å². The minimum absolute atomic E-state index is 0.350. The van der Waals surface area contributed by atoms with E-state index in [1.54, 1.807) is 18.2 Å². The summed E-state index contributed by atoms with van der Waals surface area (Å²) in [4.78, 5) is 23.2. The molecule has 0 fully saturated rings. The first-order valence-electron chi connectivity index (χ1n) is 6.49. The fourth-order valence-corrected chi connectivity index (χ4v) is 2.15. The number of halogens is 1. The van der Waals surface area contributed by atoms with Crippen LogP contribution in [0.1, 0.15) is 11.3 Å². The highest BCUT2D eigenvalue weighted by molar-refractivity contribution is 9.10. The third-order valence-electron chi connectivity index (χ3n) is 2.73. The maximum atomic E-state index is 11.7. The number of hydrogen-bond donors (Lipinski definition) is 1. The van der Waals surface area contributed by atoms with Crippen molar-refractivity contribution < 1.29 is 18.7 Å². The van der Waals surface area contributed by atoms with Gasteiger partial charge in [-0.2, -0.15) is 0 Å². The number of aryl methyl sites for hydroxylation is 1. The fourth-order valence-electron chi connectivity index (χ4n) is 1.67. The second-order valence-electron chi connectivity index (χ2n) is 4.46. The van der Waals surface area contributed by atoms with Crippen molar-refractivity contribution in [2.45, 2.75) is 6.92 Å². The van der Waals surface area contributed by atoms with Gasteiger partial charge in [-0.3, -0.25) is 4.79 Å². The molecule has 0 atom stereocenters. The lowest BCUT2D eigenvalue weighted by molar-refractivity contribution is -0.142. The lowest BCUT2D eigenvalue weighted by Crippen LogP contribution is -2.20. The number of amides is 1. The molecule has 1 aromatic carbocycles. The standard InChI is InChI=1S/C16H14BrNO4/c1-11-9-12(17)4-6-14(11)18-15(19)10-22-16(20)7-5-13-3-2-8-21-13/h2-9H,10H2,1H3,(H,18,19)/b7-5+. The van der Waals surface area contributed by atoms with E-state index in [9.17, 15) is 9.59 Å². The zero-order valence-electron chi connectivity index (χ0n) is 11.8.